The number of likely N-dealkylation sites (tertiary alicyclic amines) is 1. The Balaban J connectivity index is 1.41. The molecule has 4 rings (SSSR count). The number of benzene rings is 1. The molecule has 0 radical (unpaired) electrons. The SMILES string of the molecule is C[n+]1c[nH]cc1C(=O)N1CCC(Nc2nc(N)c(C(=O)c3c(F)cccc3F)s2)CC1. The topological polar surface area (TPSA) is 108 Å². The molecule has 1 fully saturated rings. The lowest BCUT2D eigenvalue weighted by atomic mass is 10.1. The maximum Gasteiger partial charge on any atom is 0.297 e. The normalized spacial score (nSPS) is 14.6. The van der Waals surface area contributed by atoms with Crippen LogP contribution in [0.5, 0.6) is 0 Å². The van der Waals surface area contributed by atoms with Gasteiger partial charge in [0.05, 0.1) is 12.6 Å². The standard InChI is InChI=1S/C20H20F2N6O2S/c1-27-10-24-9-14(27)19(30)28-7-5-11(6-8-28)25-20-26-18(23)17(31-20)16(29)15-12(21)3-2-4-13(15)22/h2-4,9-11H,5-8H2,1H3,(H3,23,25,26,29)/p+1. The maximum absolute atomic E-state index is 14.0. The summed E-state index contributed by atoms with van der Waals surface area (Å²) in [5.41, 5.74) is 5.79. The quantitative estimate of drug-likeness (QED) is 0.410. The zero-order valence-electron chi connectivity index (χ0n) is 16.7. The first-order valence-electron chi connectivity index (χ1n) is 9.68. The molecule has 1 amide bonds. The summed E-state index contributed by atoms with van der Waals surface area (Å²) in [5.74, 6) is -2.84. The Labute approximate surface area is 180 Å². The third-order valence-corrected chi connectivity index (χ3v) is 6.25. The van der Waals surface area contributed by atoms with Gasteiger partial charge in [-0.05, 0) is 25.0 Å². The molecule has 1 saturated heterocycles. The first-order chi connectivity index (χ1) is 14.8. The number of H-pyrrole nitrogens is 1. The molecule has 0 spiro atoms. The Bertz CT molecular complexity index is 1120. The molecule has 8 nitrogen and oxygen atoms in total. The molecule has 11 heteroatoms. The van der Waals surface area contributed by atoms with Crippen LogP contribution in [0.3, 0.4) is 0 Å². The number of carbonyl (C=O) groups is 2. The van der Waals surface area contributed by atoms with Gasteiger partial charge in [-0.3, -0.25) is 9.59 Å². The van der Waals surface area contributed by atoms with E-state index in [-0.39, 0.29) is 22.6 Å². The number of aromatic amines is 1. The summed E-state index contributed by atoms with van der Waals surface area (Å²) in [4.78, 5) is 34.0. The van der Waals surface area contributed by atoms with Gasteiger partial charge in [-0.1, -0.05) is 17.4 Å². The van der Waals surface area contributed by atoms with E-state index in [9.17, 15) is 18.4 Å². The highest BCUT2D eigenvalue weighted by Gasteiger charge is 2.29. The highest BCUT2D eigenvalue weighted by Crippen LogP contribution is 2.30. The summed E-state index contributed by atoms with van der Waals surface area (Å²) in [6, 6.07) is 3.27. The number of piperidine rings is 1. The molecule has 0 saturated carbocycles. The summed E-state index contributed by atoms with van der Waals surface area (Å²) < 4.78 is 29.7. The molecule has 31 heavy (non-hydrogen) atoms. The van der Waals surface area contributed by atoms with Crippen LogP contribution >= 0.6 is 11.3 Å². The van der Waals surface area contributed by atoms with Crippen LogP contribution in [0.1, 0.15) is 38.6 Å². The number of nitrogens with zero attached hydrogens (tertiary/aromatic N) is 3. The van der Waals surface area contributed by atoms with Gasteiger partial charge in [0.1, 0.15) is 28.5 Å². The van der Waals surface area contributed by atoms with E-state index in [1.165, 1.54) is 6.07 Å². The van der Waals surface area contributed by atoms with E-state index in [0.29, 0.717) is 36.8 Å². The number of hydrogen-bond donors (Lipinski definition) is 3. The van der Waals surface area contributed by atoms with Crippen LogP contribution in [-0.2, 0) is 7.05 Å². The van der Waals surface area contributed by atoms with Crippen molar-refractivity contribution < 1.29 is 22.9 Å². The number of rotatable bonds is 5. The van der Waals surface area contributed by atoms with Gasteiger partial charge in [-0.15, -0.1) is 0 Å². The van der Waals surface area contributed by atoms with Crippen molar-refractivity contribution in [3.8, 4) is 0 Å². The highest BCUT2D eigenvalue weighted by molar-refractivity contribution is 7.18. The van der Waals surface area contributed by atoms with Crippen molar-refractivity contribution in [1.29, 1.82) is 0 Å². The lowest BCUT2D eigenvalue weighted by Gasteiger charge is -2.31. The van der Waals surface area contributed by atoms with E-state index in [0.717, 1.165) is 23.5 Å². The predicted octanol–water partition coefficient (Wildman–Crippen LogP) is 2.10. The van der Waals surface area contributed by atoms with Crippen molar-refractivity contribution in [2.75, 3.05) is 24.1 Å². The Kier molecular flexibility index (Phi) is 5.68. The monoisotopic (exact) mass is 447 g/mol. The molecular formula is C20H21F2N6O2S+. The first-order valence-corrected chi connectivity index (χ1v) is 10.5. The molecule has 1 aliphatic heterocycles. The lowest BCUT2D eigenvalue weighted by molar-refractivity contribution is -0.672. The Morgan fingerprint density at radius 2 is 1.97 bits per heavy atom. The van der Waals surface area contributed by atoms with Crippen molar-refractivity contribution in [2.45, 2.75) is 18.9 Å². The van der Waals surface area contributed by atoms with E-state index in [2.05, 4.69) is 15.3 Å². The van der Waals surface area contributed by atoms with Crippen LogP contribution in [0.2, 0.25) is 0 Å². The van der Waals surface area contributed by atoms with Crippen LogP contribution in [0.15, 0.2) is 30.7 Å². The zero-order valence-corrected chi connectivity index (χ0v) is 17.5. The Hall–Kier alpha value is -3.34. The van der Waals surface area contributed by atoms with E-state index < -0.39 is 23.0 Å². The van der Waals surface area contributed by atoms with Crippen molar-refractivity contribution in [3.05, 3.63) is 58.5 Å². The molecule has 3 heterocycles. The maximum atomic E-state index is 14.0. The summed E-state index contributed by atoms with van der Waals surface area (Å²) in [5, 5.41) is 3.62. The Morgan fingerprint density at radius 1 is 1.29 bits per heavy atom. The van der Waals surface area contributed by atoms with Gasteiger partial charge in [0.2, 0.25) is 17.8 Å². The molecule has 2 aromatic heterocycles. The number of aromatic nitrogens is 3. The van der Waals surface area contributed by atoms with E-state index in [1.54, 1.807) is 29.0 Å². The smallest absolute Gasteiger partial charge is 0.297 e. The molecule has 0 atom stereocenters. The fourth-order valence-electron chi connectivity index (χ4n) is 3.56. The number of amides is 1. The van der Waals surface area contributed by atoms with E-state index >= 15 is 0 Å². The van der Waals surface area contributed by atoms with Crippen LogP contribution in [0, 0.1) is 11.6 Å². The second kappa shape index (κ2) is 8.42. The molecule has 0 bridgehead atoms. The van der Waals surface area contributed by atoms with Crippen LogP contribution in [0.25, 0.3) is 0 Å². The molecule has 0 unspecified atom stereocenters. The van der Waals surface area contributed by atoms with Crippen molar-refractivity contribution in [3.63, 3.8) is 0 Å². The van der Waals surface area contributed by atoms with Gasteiger partial charge in [0.15, 0.2) is 5.13 Å². The second-order valence-electron chi connectivity index (χ2n) is 7.31. The minimum atomic E-state index is -0.944. The first kappa shape index (κ1) is 20.9. The van der Waals surface area contributed by atoms with Crippen molar-refractivity contribution >= 4 is 34.0 Å². The molecule has 1 aliphatic rings. The van der Waals surface area contributed by atoms with Crippen LogP contribution in [-0.4, -0.2) is 45.7 Å². The predicted molar refractivity (Wildman–Crippen MR) is 111 cm³/mol. The average molecular weight is 447 g/mol. The fraction of sp³-hybridized carbons (Fsp3) is 0.300. The number of anilines is 2. The largest absolute Gasteiger partial charge is 0.382 e. The van der Waals surface area contributed by atoms with Crippen molar-refractivity contribution in [1.82, 2.24) is 14.9 Å². The molecule has 162 valence electrons. The summed E-state index contributed by atoms with van der Waals surface area (Å²) in [6.45, 7) is 1.13. The van der Waals surface area contributed by atoms with Gasteiger partial charge in [-0.2, -0.15) is 0 Å². The van der Waals surface area contributed by atoms with Gasteiger partial charge in [0, 0.05) is 19.1 Å². The lowest BCUT2D eigenvalue weighted by Crippen LogP contribution is -2.46. The number of nitrogens with one attached hydrogen (secondary N) is 2. The second-order valence-corrected chi connectivity index (χ2v) is 8.31. The number of hydrogen-bond acceptors (Lipinski definition) is 6. The number of nitrogens with two attached hydrogens (primary N) is 1. The highest BCUT2D eigenvalue weighted by atomic mass is 32.1. The number of thiazole rings is 1. The van der Waals surface area contributed by atoms with E-state index in [1.807, 2.05) is 0 Å². The number of ketones is 1. The van der Waals surface area contributed by atoms with Gasteiger partial charge < -0.3 is 16.0 Å². The molecular weight excluding hydrogens is 426 g/mol. The number of aryl methyl sites for hydroxylation is 1. The third-order valence-electron chi connectivity index (χ3n) is 5.25. The number of carbonyl (C=O) groups excluding carboxylic acids is 2. The number of imidazole rings is 1. The van der Waals surface area contributed by atoms with Gasteiger partial charge in [0.25, 0.3) is 5.91 Å². The van der Waals surface area contributed by atoms with Crippen molar-refractivity contribution in [2.24, 2.45) is 7.05 Å². The minimum absolute atomic E-state index is 0.0147. The van der Waals surface area contributed by atoms with Crippen LogP contribution < -0.4 is 15.6 Å². The summed E-state index contributed by atoms with van der Waals surface area (Å²) >= 11 is 0.962. The molecule has 0 aliphatic carbocycles. The fourth-order valence-corrected chi connectivity index (χ4v) is 4.47. The molecule has 4 N–H and O–H groups in total. The minimum Gasteiger partial charge on any atom is -0.382 e. The Morgan fingerprint density at radius 3 is 2.58 bits per heavy atom. The molecule has 1 aromatic carbocycles. The van der Waals surface area contributed by atoms with Gasteiger partial charge in [-0.25, -0.2) is 23.3 Å². The van der Waals surface area contributed by atoms with E-state index in [4.69, 9.17) is 5.73 Å². The van der Waals surface area contributed by atoms with Crippen LogP contribution in [0.4, 0.5) is 19.7 Å². The summed E-state index contributed by atoms with van der Waals surface area (Å²) in [7, 11) is 1.80. The number of halogens is 2. The summed E-state index contributed by atoms with van der Waals surface area (Å²) in [6.07, 6.45) is 4.75. The van der Waals surface area contributed by atoms with Gasteiger partial charge >= 0.3 is 0 Å². The third kappa shape index (κ3) is 4.13. The average Bonchev–Trinajstić information content (AvgIpc) is 3.33. The molecule has 3 aromatic rings. The zero-order chi connectivity index (χ0) is 22.1. The number of nitrogen functional groups attached to an aromatic ring is 1.